The quantitative estimate of drug-likeness (QED) is 0.445. The molecule has 4 rings (SSSR count). The Labute approximate surface area is 198 Å². The maximum absolute atomic E-state index is 12.9. The third-order valence-electron chi connectivity index (χ3n) is 6.26. The lowest BCUT2D eigenvalue weighted by Gasteiger charge is -2.34. The van der Waals surface area contributed by atoms with E-state index < -0.39 is 14.9 Å². The molecule has 2 aliphatic rings. The molecule has 12 heteroatoms. The second kappa shape index (κ2) is 10.0. The van der Waals surface area contributed by atoms with Gasteiger partial charge in [0.1, 0.15) is 11.5 Å². The third-order valence-corrected chi connectivity index (χ3v) is 8.15. The zero-order chi connectivity index (χ0) is 24.3. The molecule has 11 nitrogen and oxygen atoms in total. The van der Waals surface area contributed by atoms with Gasteiger partial charge in [-0.15, -0.1) is 0 Å². The van der Waals surface area contributed by atoms with Crippen LogP contribution in [0.5, 0.6) is 0 Å². The molecule has 0 atom stereocenters. The molecule has 2 aromatic rings. The summed E-state index contributed by atoms with van der Waals surface area (Å²) in [5, 5.41) is 11.8. The fourth-order valence-corrected chi connectivity index (χ4v) is 5.75. The number of nitrogens with zero attached hydrogens (tertiary/aromatic N) is 5. The number of aromatic nitrogens is 1. The summed E-state index contributed by atoms with van der Waals surface area (Å²) in [6.45, 7) is 1.91. The third kappa shape index (κ3) is 4.88. The van der Waals surface area contributed by atoms with Gasteiger partial charge in [-0.25, -0.2) is 13.4 Å². The van der Waals surface area contributed by atoms with Crippen molar-refractivity contribution in [2.75, 3.05) is 56.2 Å². The highest BCUT2D eigenvalue weighted by atomic mass is 32.2. The Balaban J connectivity index is 1.48. The molecular formula is C22H27N5O6S. The molecule has 1 amide bonds. The van der Waals surface area contributed by atoms with E-state index in [2.05, 4.69) is 4.98 Å². The summed E-state index contributed by atoms with van der Waals surface area (Å²) in [5.41, 5.74) is 0.0969. The first-order valence-electron chi connectivity index (χ1n) is 11.1. The first-order chi connectivity index (χ1) is 16.3. The summed E-state index contributed by atoms with van der Waals surface area (Å²) < 4.78 is 32.4. The van der Waals surface area contributed by atoms with Gasteiger partial charge >= 0.3 is 0 Å². The van der Waals surface area contributed by atoms with Crippen LogP contribution >= 0.6 is 0 Å². The second-order valence-electron chi connectivity index (χ2n) is 8.27. The Morgan fingerprint density at radius 3 is 2.47 bits per heavy atom. The molecule has 0 saturated carbocycles. The van der Waals surface area contributed by atoms with Gasteiger partial charge in [0, 0.05) is 51.4 Å². The summed E-state index contributed by atoms with van der Waals surface area (Å²) in [5.74, 6) is 0.311. The van der Waals surface area contributed by atoms with Gasteiger partial charge in [0.25, 0.3) is 5.69 Å². The zero-order valence-corrected chi connectivity index (χ0v) is 19.7. The number of pyridine rings is 1. The number of hydrogen-bond donors (Lipinski definition) is 0. The standard InChI is InChI=1S/C22H27N5O6S/c1-24(21-4-2-3-9-23-21)22(28)17-7-10-25(11-8-17)19-6-5-18(16-20(19)27(29)30)34(31,32)26-12-14-33-15-13-26/h2-6,9,16-17H,7-8,10-15H2,1H3. The van der Waals surface area contributed by atoms with Crippen molar-refractivity contribution < 1.29 is 22.9 Å². The average Bonchev–Trinajstić information content (AvgIpc) is 2.88. The number of rotatable bonds is 6. The van der Waals surface area contributed by atoms with Crippen LogP contribution in [0, 0.1) is 16.0 Å². The molecule has 3 heterocycles. The number of ether oxygens (including phenoxy) is 1. The van der Waals surface area contributed by atoms with Crippen LogP contribution in [0.3, 0.4) is 0 Å². The van der Waals surface area contributed by atoms with E-state index >= 15 is 0 Å². The topological polar surface area (TPSA) is 126 Å². The number of carbonyl (C=O) groups is 1. The Kier molecular flexibility index (Phi) is 7.10. The van der Waals surface area contributed by atoms with Gasteiger partial charge in [-0.2, -0.15) is 4.31 Å². The number of morpholine rings is 1. The Morgan fingerprint density at radius 2 is 1.85 bits per heavy atom. The van der Waals surface area contributed by atoms with Crippen LogP contribution in [-0.4, -0.2) is 75.0 Å². The van der Waals surface area contributed by atoms with E-state index in [1.807, 2.05) is 11.0 Å². The predicted molar refractivity (Wildman–Crippen MR) is 125 cm³/mol. The molecule has 182 valence electrons. The minimum Gasteiger partial charge on any atom is -0.379 e. The van der Waals surface area contributed by atoms with Crippen LogP contribution in [0.25, 0.3) is 0 Å². The van der Waals surface area contributed by atoms with Crippen molar-refractivity contribution in [3.05, 3.63) is 52.7 Å². The molecule has 2 aliphatic heterocycles. The summed E-state index contributed by atoms with van der Waals surface area (Å²) in [6, 6.07) is 9.41. The summed E-state index contributed by atoms with van der Waals surface area (Å²) in [4.78, 5) is 31.6. The van der Waals surface area contributed by atoms with Gasteiger partial charge in [0.2, 0.25) is 15.9 Å². The number of nitro groups is 1. The highest BCUT2D eigenvalue weighted by molar-refractivity contribution is 7.89. The van der Waals surface area contributed by atoms with Crippen molar-refractivity contribution in [2.24, 2.45) is 5.92 Å². The summed E-state index contributed by atoms with van der Waals surface area (Å²) in [6.07, 6.45) is 2.69. The van der Waals surface area contributed by atoms with Gasteiger partial charge in [0.05, 0.1) is 23.0 Å². The fraction of sp³-hybridized carbons (Fsp3) is 0.455. The van der Waals surface area contributed by atoms with E-state index in [1.54, 1.807) is 25.4 Å². The highest BCUT2D eigenvalue weighted by Gasteiger charge is 2.33. The van der Waals surface area contributed by atoms with E-state index in [4.69, 9.17) is 4.74 Å². The largest absolute Gasteiger partial charge is 0.379 e. The Hall–Kier alpha value is -3.09. The van der Waals surface area contributed by atoms with Crippen molar-refractivity contribution in [2.45, 2.75) is 17.7 Å². The van der Waals surface area contributed by atoms with Crippen molar-refractivity contribution in [1.82, 2.24) is 9.29 Å². The monoisotopic (exact) mass is 489 g/mol. The predicted octanol–water partition coefficient (Wildman–Crippen LogP) is 1.89. The van der Waals surface area contributed by atoms with Crippen LogP contribution in [0.15, 0.2) is 47.5 Å². The molecule has 1 aromatic carbocycles. The number of piperidine rings is 1. The first-order valence-corrected chi connectivity index (χ1v) is 12.5. The first kappa shape index (κ1) is 24.0. The number of nitro benzene ring substituents is 1. The summed E-state index contributed by atoms with van der Waals surface area (Å²) >= 11 is 0. The normalized spacial score (nSPS) is 18.0. The zero-order valence-electron chi connectivity index (χ0n) is 18.9. The lowest BCUT2D eigenvalue weighted by molar-refractivity contribution is -0.384. The van der Waals surface area contributed by atoms with Crippen LogP contribution in [0.4, 0.5) is 17.2 Å². The van der Waals surface area contributed by atoms with Crippen molar-refractivity contribution >= 4 is 33.1 Å². The van der Waals surface area contributed by atoms with Crippen LogP contribution in [0.2, 0.25) is 0 Å². The number of sulfonamides is 1. The molecule has 0 spiro atoms. The van der Waals surface area contributed by atoms with Crippen LogP contribution in [-0.2, 0) is 19.6 Å². The Morgan fingerprint density at radius 1 is 1.15 bits per heavy atom. The molecule has 34 heavy (non-hydrogen) atoms. The van der Waals surface area contributed by atoms with E-state index in [-0.39, 0.29) is 35.5 Å². The molecule has 2 fully saturated rings. The van der Waals surface area contributed by atoms with Gasteiger partial charge in [-0.3, -0.25) is 19.8 Å². The van der Waals surface area contributed by atoms with E-state index in [9.17, 15) is 23.3 Å². The maximum Gasteiger partial charge on any atom is 0.293 e. The van der Waals surface area contributed by atoms with Gasteiger partial charge in [-0.1, -0.05) is 6.07 Å². The van der Waals surface area contributed by atoms with E-state index in [0.717, 1.165) is 6.07 Å². The SMILES string of the molecule is CN(C(=O)C1CCN(c2ccc(S(=O)(=O)N3CCOCC3)cc2[N+](=O)[O-])CC1)c1ccccn1. The van der Waals surface area contributed by atoms with Crippen LogP contribution < -0.4 is 9.80 Å². The minimum absolute atomic E-state index is 0.0418. The average molecular weight is 490 g/mol. The maximum atomic E-state index is 12.9. The van der Waals surface area contributed by atoms with Gasteiger partial charge in [0.15, 0.2) is 0 Å². The molecule has 0 unspecified atom stereocenters. The van der Waals surface area contributed by atoms with Gasteiger partial charge in [-0.05, 0) is 37.1 Å². The van der Waals surface area contributed by atoms with Crippen LogP contribution in [0.1, 0.15) is 12.8 Å². The fourth-order valence-electron chi connectivity index (χ4n) is 4.32. The van der Waals surface area contributed by atoms with Crippen molar-refractivity contribution in [1.29, 1.82) is 0 Å². The molecular weight excluding hydrogens is 462 g/mol. The lowest BCUT2D eigenvalue weighted by Crippen LogP contribution is -2.42. The number of benzene rings is 1. The van der Waals surface area contributed by atoms with Gasteiger partial charge < -0.3 is 9.64 Å². The van der Waals surface area contributed by atoms with Crippen molar-refractivity contribution in [3.63, 3.8) is 0 Å². The number of amides is 1. The molecule has 1 aromatic heterocycles. The molecule has 2 saturated heterocycles. The second-order valence-corrected chi connectivity index (χ2v) is 10.2. The molecule has 0 radical (unpaired) electrons. The lowest BCUT2D eigenvalue weighted by atomic mass is 9.95. The minimum atomic E-state index is -3.85. The molecule has 0 bridgehead atoms. The molecule has 0 aliphatic carbocycles. The number of anilines is 2. The van der Waals surface area contributed by atoms with E-state index in [1.165, 1.54) is 21.3 Å². The van der Waals surface area contributed by atoms with E-state index in [0.29, 0.717) is 50.7 Å². The number of hydrogen-bond acceptors (Lipinski definition) is 8. The smallest absolute Gasteiger partial charge is 0.293 e. The van der Waals surface area contributed by atoms with Crippen molar-refractivity contribution in [3.8, 4) is 0 Å². The molecule has 0 N–H and O–H groups in total. The Bertz CT molecular complexity index is 1150. The highest BCUT2D eigenvalue weighted by Crippen LogP contribution is 2.34. The summed E-state index contributed by atoms with van der Waals surface area (Å²) in [7, 11) is -2.16. The number of carbonyl (C=O) groups excluding carboxylic acids is 1.